The van der Waals surface area contributed by atoms with E-state index in [1.807, 2.05) is 0 Å². The van der Waals surface area contributed by atoms with Crippen LogP contribution < -0.4 is 4.90 Å². The second-order valence-corrected chi connectivity index (χ2v) is 5.96. The van der Waals surface area contributed by atoms with Gasteiger partial charge in [0.05, 0.1) is 0 Å². The monoisotopic (exact) mass is 276 g/mol. The molecule has 1 saturated heterocycles. The van der Waals surface area contributed by atoms with Crippen molar-refractivity contribution in [1.82, 2.24) is 14.9 Å². The minimum atomic E-state index is 0.558. The summed E-state index contributed by atoms with van der Waals surface area (Å²) >= 11 is 0. The molecule has 1 aromatic rings. The molecule has 0 atom stereocenters. The second-order valence-electron chi connectivity index (χ2n) is 5.96. The SMILES string of the molecule is CCC(CC)c1cc(N(C)C2CCN(C)CC2)ncn1. The Morgan fingerprint density at radius 1 is 1.25 bits per heavy atom. The normalized spacial score (nSPS) is 17.6. The number of likely N-dealkylation sites (tertiary alicyclic amines) is 1. The number of rotatable bonds is 5. The Hall–Kier alpha value is -1.16. The molecule has 0 aromatic carbocycles. The Balaban J connectivity index is 2.09. The van der Waals surface area contributed by atoms with E-state index in [1.54, 1.807) is 6.33 Å². The van der Waals surface area contributed by atoms with Gasteiger partial charge in [-0.15, -0.1) is 0 Å². The van der Waals surface area contributed by atoms with Crippen molar-refractivity contribution in [3.05, 3.63) is 18.1 Å². The van der Waals surface area contributed by atoms with Crippen LogP contribution in [-0.4, -0.2) is 48.1 Å². The van der Waals surface area contributed by atoms with Crippen molar-refractivity contribution in [2.75, 3.05) is 32.1 Å². The summed E-state index contributed by atoms with van der Waals surface area (Å²) in [7, 11) is 4.38. The molecule has 0 amide bonds. The van der Waals surface area contributed by atoms with Gasteiger partial charge in [-0.2, -0.15) is 0 Å². The molecule has 0 radical (unpaired) electrons. The fourth-order valence-corrected chi connectivity index (χ4v) is 3.05. The maximum absolute atomic E-state index is 4.49. The van der Waals surface area contributed by atoms with Gasteiger partial charge in [-0.25, -0.2) is 9.97 Å². The van der Waals surface area contributed by atoms with Crippen LogP contribution >= 0.6 is 0 Å². The molecule has 0 saturated carbocycles. The number of hydrogen-bond donors (Lipinski definition) is 0. The van der Waals surface area contributed by atoms with Crippen molar-refractivity contribution in [3.63, 3.8) is 0 Å². The van der Waals surface area contributed by atoms with E-state index in [1.165, 1.54) is 31.6 Å². The zero-order valence-electron chi connectivity index (χ0n) is 13.3. The maximum Gasteiger partial charge on any atom is 0.132 e. The number of aromatic nitrogens is 2. The molecule has 1 fully saturated rings. The van der Waals surface area contributed by atoms with Crippen LogP contribution in [0.4, 0.5) is 5.82 Å². The molecular formula is C16H28N4. The maximum atomic E-state index is 4.49. The number of piperidine rings is 1. The average molecular weight is 276 g/mol. The van der Waals surface area contributed by atoms with Gasteiger partial charge >= 0.3 is 0 Å². The lowest BCUT2D eigenvalue weighted by Crippen LogP contribution is -2.42. The number of hydrogen-bond acceptors (Lipinski definition) is 4. The van der Waals surface area contributed by atoms with Crippen LogP contribution in [0.15, 0.2) is 12.4 Å². The van der Waals surface area contributed by atoms with Crippen LogP contribution in [0.25, 0.3) is 0 Å². The van der Waals surface area contributed by atoms with Crippen molar-refractivity contribution in [1.29, 1.82) is 0 Å². The summed E-state index contributed by atoms with van der Waals surface area (Å²) in [5.41, 5.74) is 1.19. The lowest BCUT2D eigenvalue weighted by atomic mass is 9.99. The fraction of sp³-hybridized carbons (Fsp3) is 0.750. The van der Waals surface area contributed by atoms with Gasteiger partial charge in [0.1, 0.15) is 12.1 Å². The van der Waals surface area contributed by atoms with Gasteiger partial charge in [-0.05, 0) is 45.8 Å². The zero-order chi connectivity index (χ0) is 14.5. The van der Waals surface area contributed by atoms with E-state index in [0.717, 1.165) is 18.7 Å². The molecule has 1 aromatic heterocycles. The molecule has 4 heteroatoms. The van der Waals surface area contributed by atoms with Crippen molar-refractivity contribution < 1.29 is 0 Å². The highest BCUT2D eigenvalue weighted by molar-refractivity contribution is 5.40. The van der Waals surface area contributed by atoms with Crippen LogP contribution in [0, 0.1) is 0 Å². The molecule has 4 nitrogen and oxygen atoms in total. The highest BCUT2D eigenvalue weighted by atomic mass is 15.2. The molecule has 0 aliphatic carbocycles. The molecule has 0 N–H and O–H groups in total. The molecule has 2 heterocycles. The van der Waals surface area contributed by atoms with E-state index in [0.29, 0.717) is 12.0 Å². The first-order chi connectivity index (χ1) is 9.65. The molecule has 1 aliphatic heterocycles. The van der Waals surface area contributed by atoms with E-state index in [9.17, 15) is 0 Å². The second kappa shape index (κ2) is 7.02. The van der Waals surface area contributed by atoms with Gasteiger partial charge in [-0.1, -0.05) is 13.8 Å². The van der Waals surface area contributed by atoms with E-state index in [4.69, 9.17) is 0 Å². The van der Waals surface area contributed by atoms with Crippen LogP contribution in [0.3, 0.4) is 0 Å². The third-order valence-electron chi connectivity index (χ3n) is 4.67. The van der Waals surface area contributed by atoms with Crippen molar-refractivity contribution in [2.24, 2.45) is 0 Å². The van der Waals surface area contributed by atoms with Crippen LogP contribution in [0.5, 0.6) is 0 Å². The summed E-state index contributed by atoms with van der Waals surface area (Å²) in [4.78, 5) is 13.7. The first-order valence-electron chi connectivity index (χ1n) is 7.89. The van der Waals surface area contributed by atoms with Gasteiger partial charge < -0.3 is 9.80 Å². The smallest absolute Gasteiger partial charge is 0.132 e. The van der Waals surface area contributed by atoms with Gasteiger partial charge in [0.2, 0.25) is 0 Å². The summed E-state index contributed by atoms with van der Waals surface area (Å²) in [6.45, 7) is 6.83. The number of anilines is 1. The predicted octanol–water partition coefficient (Wildman–Crippen LogP) is 2.91. The zero-order valence-corrected chi connectivity index (χ0v) is 13.3. The predicted molar refractivity (Wildman–Crippen MR) is 84.3 cm³/mol. The molecule has 0 bridgehead atoms. The van der Waals surface area contributed by atoms with E-state index in [2.05, 4.69) is 53.8 Å². The van der Waals surface area contributed by atoms with Crippen LogP contribution in [-0.2, 0) is 0 Å². The molecular weight excluding hydrogens is 248 g/mol. The Labute approximate surface area is 123 Å². The van der Waals surface area contributed by atoms with Gasteiger partial charge in [0, 0.05) is 30.8 Å². The first-order valence-corrected chi connectivity index (χ1v) is 7.89. The summed E-state index contributed by atoms with van der Waals surface area (Å²) in [6, 6.07) is 2.80. The lowest BCUT2D eigenvalue weighted by molar-refractivity contribution is 0.252. The van der Waals surface area contributed by atoms with Gasteiger partial charge in [0.25, 0.3) is 0 Å². The summed E-state index contributed by atoms with van der Waals surface area (Å²) in [6.07, 6.45) is 6.46. The minimum Gasteiger partial charge on any atom is -0.356 e. The standard InChI is InChI=1S/C16H28N4/c1-5-13(6-2)15-11-16(18-12-17-15)20(4)14-7-9-19(3)10-8-14/h11-14H,5-10H2,1-4H3. The minimum absolute atomic E-state index is 0.558. The Morgan fingerprint density at radius 2 is 1.90 bits per heavy atom. The third-order valence-corrected chi connectivity index (χ3v) is 4.67. The fourth-order valence-electron chi connectivity index (χ4n) is 3.05. The number of nitrogens with zero attached hydrogens (tertiary/aromatic N) is 4. The molecule has 0 unspecified atom stereocenters. The van der Waals surface area contributed by atoms with Gasteiger partial charge in [-0.3, -0.25) is 0 Å². The lowest BCUT2D eigenvalue weighted by Gasteiger charge is -2.35. The highest BCUT2D eigenvalue weighted by Crippen LogP contribution is 2.25. The molecule has 2 rings (SSSR count). The van der Waals surface area contributed by atoms with Gasteiger partial charge in [0.15, 0.2) is 0 Å². The molecule has 0 spiro atoms. The molecule has 20 heavy (non-hydrogen) atoms. The quantitative estimate of drug-likeness (QED) is 0.828. The largest absolute Gasteiger partial charge is 0.356 e. The van der Waals surface area contributed by atoms with Crippen molar-refractivity contribution in [2.45, 2.75) is 51.5 Å². The van der Waals surface area contributed by atoms with E-state index < -0.39 is 0 Å². The van der Waals surface area contributed by atoms with Crippen LogP contribution in [0.2, 0.25) is 0 Å². The van der Waals surface area contributed by atoms with E-state index in [-0.39, 0.29) is 0 Å². The summed E-state index contributed by atoms with van der Waals surface area (Å²) < 4.78 is 0. The average Bonchev–Trinajstić information content (AvgIpc) is 2.49. The molecule has 112 valence electrons. The summed E-state index contributed by atoms with van der Waals surface area (Å²) in [5, 5.41) is 0. The van der Waals surface area contributed by atoms with Crippen molar-refractivity contribution >= 4 is 5.82 Å². The molecule has 1 aliphatic rings. The Morgan fingerprint density at radius 3 is 2.50 bits per heavy atom. The highest BCUT2D eigenvalue weighted by Gasteiger charge is 2.22. The third kappa shape index (κ3) is 3.48. The van der Waals surface area contributed by atoms with E-state index >= 15 is 0 Å². The topological polar surface area (TPSA) is 32.3 Å². The van der Waals surface area contributed by atoms with Crippen molar-refractivity contribution in [3.8, 4) is 0 Å². The van der Waals surface area contributed by atoms with Crippen LogP contribution in [0.1, 0.15) is 51.1 Å². The first kappa shape index (κ1) is 15.2. The summed E-state index contributed by atoms with van der Waals surface area (Å²) in [5.74, 6) is 1.64. The Kier molecular flexibility index (Phi) is 5.35. The Bertz CT molecular complexity index is 409.